The maximum atomic E-state index is 15.4. The van der Waals surface area contributed by atoms with Gasteiger partial charge in [-0.2, -0.15) is 59.7 Å². The van der Waals surface area contributed by atoms with Gasteiger partial charge in [-0.15, -0.1) is 0 Å². The number of thiol groups is 1. The number of phenolic OH excluding ortho intramolecular Hbond substituents is 1. The van der Waals surface area contributed by atoms with Crippen molar-refractivity contribution in [3.05, 3.63) is 64.7 Å². The predicted octanol–water partition coefficient (Wildman–Crippen LogP) is -7.99. The van der Waals surface area contributed by atoms with Crippen LogP contribution in [0.15, 0.2) is 42.5 Å². The quantitative estimate of drug-likeness (QED) is 0.0132. The van der Waals surface area contributed by atoms with Crippen molar-refractivity contribution in [1.82, 2.24) is 90.4 Å². The topological polar surface area (TPSA) is 830 Å². The number of carboxylic acid groups (broad SMARTS) is 1. The lowest BCUT2D eigenvalue weighted by Crippen LogP contribution is -2.62. The van der Waals surface area contributed by atoms with Crippen molar-refractivity contribution in [3.63, 3.8) is 0 Å². The van der Waals surface area contributed by atoms with Crippen LogP contribution in [0.4, 0.5) is 0 Å². The van der Waals surface area contributed by atoms with Crippen LogP contribution in [-0.4, -0.2) is 303 Å². The van der Waals surface area contributed by atoms with Crippen LogP contribution in [0.25, 0.3) is 0 Å². The number of aliphatic hydroxyl groups is 1. The first kappa shape index (κ1) is 120. The molecule has 0 unspecified atom stereocenters. The number of guanidine groups is 1. The molecule has 2 aliphatic heterocycles. The number of aliphatic hydroxyl groups excluding tert-OH is 1. The number of rotatable bonds is 35. The molecule has 0 aliphatic carbocycles. The van der Waals surface area contributed by atoms with Crippen molar-refractivity contribution in [1.29, 1.82) is 5.41 Å². The number of fused-ring (bicyclic) bond motifs is 5. The van der Waals surface area contributed by atoms with Crippen molar-refractivity contribution in [2.24, 2.45) is 52.0 Å². The van der Waals surface area contributed by atoms with Gasteiger partial charge in [-0.25, -0.2) is 0 Å². The average Bonchev–Trinajstić information content (AvgIpc) is 0.955. The highest BCUT2D eigenvalue weighted by Gasteiger charge is 2.41. The minimum absolute atomic E-state index is 0.0242. The Kier molecular flexibility index (Phi) is 54.1. The van der Waals surface area contributed by atoms with Crippen LogP contribution in [0.3, 0.4) is 0 Å². The van der Waals surface area contributed by atoms with Gasteiger partial charge >= 0.3 is 5.97 Å². The SMILES string of the molecule is CSCC[C@@H]1NC(=O)[C@@H](NC(=O)[C@H](C)N)CSCc2cc3cc(c2)CSC[C@H](NC(=O)[C@H](CS)NC(=O)[C@H](C(C)C)NC(=O)[C@H](CCC(N)=O)NC(=O)[C@H](CCCNC(=N)N)NC(=O)[C@H](CCC(N)=O)NC1=O)C(=O)N[C@@H](CC(C)C)C(=O)N[C@@H](CO)C(=O)N[C@@H](Cc1ccc(O)cc1)C(=O)N[C@@H](CCC(=O)O)C(=O)N[C@@H](CCCCN)C(=O)N[C@@H](CCC(N)=O)C(=O)N[C@H](C(=O)NCC(N)=O)CSC3. The molecule has 140 heavy (non-hydrogen) atoms. The van der Waals surface area contributed by atoms with E-state index in [0.29, 0.717) is 16.7 Å². The van der Waals surface area contributed by atoms with E-state index in [1.807, 2.05) is 0 Å². The highest BCUT2D eigenvalue weighted by atomic mass is 32.2. The number of thioether (sulfide) groups is 4. The molecular formula is C86H135N25O24S5. The molecule has 4 rings (SSSR count). The van der Waals surface area contributed by atoms with E-state index in [4.69, 9.17) is 45.5 Å². The third-order valence-electron chi connectivity index (χ3n) is 21.4. The number of hydrogen-bond donors (Lipinski definition) is 29. The zero-order chi connectivity index (χ0) is 105. The summed E-state index contributed by atoms with van der Waals surface area (Å²) >= 11 is 8.74. The molecule has 0 radical (unpaired) electrons. The van der Waals surface area contributed by atoms with Gasteiger partial charge in [-0.3, -0.25) is 106 Å². The number of amides is 20. The van der Waals surface area contributed by atoms with E-state index < -0.39 is 321 Å². The van der Waals surface area contributed by atoms with Gasteiger partial charge in [0.1, 0.15) is 96.4 Å². The number of benzene rings is 2. The van der Waals surface area contributed by atoms with Crippen LogP contribution >= 0.6 is 59.7 Å². The van der Waals surface area contributed by atoms with Crippen LogP contribution < -0.4 is 131 Å². The molecular weight excluding hydrogens is 1930 g/mol. The Morgan fingerprint density at radius 3 is 1.33 bits per heavy atom. The molecule has 0 saturated heterocycles. The van der Waals surface area contributed by atoms with Gasteiger partial charge in [0, 0.05) is 78.9 Å². The summed E-state index contributed by atoms with van der Waals surface area (Å²) in [6, 6.07) is -16.7. The number of phenols is 1. The average molecular weight is 2060 g/mol. The second kappa shape index (κ2) is 62.9. The fourth-order valence-electron chi connectivity index (χ4n) is 13.9. The second-order valence-electron chi connectivity index (χ2n) is 34.1. The van der Waals surface area contributed by atoms with E-state index >= 15 is 9.59 Å². The minimum atomic E-state index is -1.99. The van der Waals surface area contributed by atoms with E-state index in [-0.39, 0.29) is 104 Å². The summed E-state index contributed by atoms with van der Waals surface area (Å²) in [5.74, 6) is -26.4. The summed E-state index contributed by atoms with van der Waals surface area (Å²) < 4.78 is 0. The van der Waals surface area contributed by atoms with Crippen molar-refractivity contribution < 1.29 is 116 Å². The van der Waals surface area contributed by atoms with Gasteiger partial charge in [0.15, 0.2) is 5.96 Å². The molecule has 0 aromatic heterocycles. The first-order chi connectivity index (χ1) is 66.1. The molecule has 16 atom stereocenters. The molecule has 2 aromatic carbocycles. The number of nitrogens with two attached hydrogens (primary N) is 7. The lowest BCUT2D eigenvalue weighted by atomic mass is 10.0. The van der Waals surface area contributed by atoms with Crippen molar-refractivity contribution in [2.75, 3.05) is 61.3 Å². The Morgan fingerprint density at radius 2 is 0.879 bits per heavy atom. The largest absolute Gasteiger partial charge is 0.508 e. The zero-order valence-corrected chi connectivity index (χ0v) is 82.9. The lowest BCUT2D eigenvalue weighted by Gasteiger charge is -2.29. The Morgan fingerprint density at radius 1 is 0.471 bits per heavy atom. The van der Waals surface area contributed by atoms with Gasteiger partial charge < -0.3 is 146 Å². The fourth-order valence-corrected chi connectivity index (χ4v) is 17.6. The molecule has 2 heterocycles. The van der Waals surface area contributed by atoms with Gasteiger partial charge in [-0.05, 0) is 142 Å². The van der Waals surface area contributed by atoms with Gasteiger partial charge in [0.25, 0.3) is 0 Å². The van der Waals surface area contributed by atoms with E-state index in [2.05, 4.69) is 103 Å². The number of carbonyl (C=O) groups is 21. The number of unbranched alkanes of at least 4 members (excludes halogenated alkanes) is 1. The molecule has 0 spiro atoms. The maximum Gasteiger partial charge on any atom is 0.303 e. The molecule has 778 valence electrons. The van der Waals surface area contributed by atoms with Gasteiger partial charge in [-0.1, -0.05) is 58.0 Å². The van der Waals surface area contributed by atoms with Crippen molar-refractivity contribution in [3.8, 4) is 5.75 Å². The van der Waals surface area contributed by atoms with Crippen LogP contribution in [0.1, 0.15) is 153 Å². The summed E-state index contributed by atoms with van der Waals surface area (Å²) in [6.45, 7) is 5.63. The van der Waals surface area contributed by atoms with E-state index in [1.165, 1.54) is 56.8 Å². The summed E-state index contributed by atoms with van der Waals surface area (Å²) in [5, 5.41) is 81.9. The summed E-state index contributed by atoms with van der Waals surface area (Å²) in [6.07, 6.45) is -4.24. The number of carbonyl (C=O) groups excluding carboxylic acids is 20. The van der Waals surface area contributed by atoms with Gasteiger partial charge in [0.05, 0.1) is 19.2 Å². The van der Waals surface area contributed by atoms with Crippen LogP contribution in [0.2, 0.25) is 0 Å². The van der Waals surface area contributed by atoms with Crippen molar-refractivity contribution in [2.45, 2.75) is 251 Å². The van der Waals surface area contributed by atoms with Crippen molar-refractivity contribution >= 4 is 190 Å². The maximum absolute atomic E-state index is 15.4. The highest BCUT2D eigenvalue weighted by molar-refractivity contribution is 7.99. The second-order valence-corrected chi connectivity index (χ2v) is 38.6. The molecule has 54 heteroatoms. The first-order valence-corrected chi connectivity index (χ1v) is 50.7. The smallest absolute Gasteiger partial charge is 0.303 e. The van der Waals surface area contributed by atoms with E-state index in [1.54, 1.807) is 38.3 Å². The summed E-state index contributed by atoms with van der Waals surface area (Å²) in [5.41, 5.74) is 41.3. The molecule has 0 saturated carbocycles. The van der Waals surface area contributed by atoms with Gasteiger partial charge in [0.2, 0.25) is 118 Å². The molecule has 4 bridgehead atoms. The third kappa shape index (κ3) is 45.1. The highest BCUT2D eigenvalue weighted by Crippen LogP contribution is 2.26. The fraction of sp³-hybridized carbons (Fsp3) is 0.605. The number of hydrogen-bond acceptors (Lipinski definition) is 31. The molecule has 2 aromatic rings. The zero-order valence-electron chi connectivity index (χ0n) is 78.8. The number of aromatic hydroxyl groups is 1. The van der Waals surface area contributed by atoms with E-state index in [0.717, 1.165) is 35.3 Å². The number of aliphatic carboxylic acids is 1. The predicted molar refractivity (Wildman–Crippen MR) is 524 cm³/mol. The monoisotopic (exact) mass is 2060 g/mol. The standard InChI is InChI=1S/C86H135N25O24S5/c1-42(2)28-57-79(129)106-59(34-112)81(131)105-58(32-45-12-14-49(113)15-13-45)80(130)102-55(19-23-68(118)119)75(125)97-50(10-7-8-25-87)72(122)99-53(17-21-65(90)115)76(126)109-61(71(121)96-33-67(92)117)39-138-36-46-29-47-31-48(30-46)38-140-41-63(84(134)104-57)110-82(132)60(35-136)107-85(135)69(43(3)4)111-78(128)54(18-22-66(91)116)101-73(123)51(11-9-26-95-86(93)94)98-74(124)52(16-20-64(89)114)100-77(127)56(24-27-137-6)103-83(133)62(40-139-37-47)108-70(120)44(5)88/h12-15,29-31,42-44,50-63,69,112-113,136H,7-11,16-28,32-41,87-88H2,1-6H3,(H2,89,114)(H2,90,115)(H2,91,116)(H2,92,117)(H,96,121)(H,97,125)(H,98,124)(H,99,122)(H,100,127)(H,101,123)(H,102,130)(H,103,133)(H,104,134)(H,105,131)(H,106,129)(H,107,135)(H,108,120)(H,109,126)(H,110,132)(H,111,128)(H,118,119)(H4,93,94,95)/t44-,50-,51-,52-,53-,54-,55-,56-,57-,58-,59-,60-,61-,62-,63-,69-/m0/s1. The van der Waals surface area contributed by atoms with Crippen LogP contribution in [0.5, 0.6) is 5.75 Å². The summed E-state index contributed by atoms with van der Waals surface area (Å²) in [4.78, 5) is 298. The molecule has 49 nitrogen and oxygen atoms in total. The molecule has 0 fully saturated rings. The lowest BCUT2D eigenvalue weighted by molar-refractivity contribution is -0.139. The molecule has 20 amide bonds. The minimum Gasteiger partial charge on any atom is -0.508 e. The third-order valence-corrected chi connectivity index (χ3v) is 25.7. The Labute approximate surface area is 831 Å². The Hall–Kier alpha value is -12.0. The number of primary amides is 4. The number of nitrogens with one attached hydrogen (secondary N) is 18. The molecule has 2 aliphatic rings. The molecule has 35 N–H and O–H groups in total. The Bertz CT molecular complexity index is 4640. The summed E-state index contributed by atoms with van der Waals surface area (Å²) in [7, 11) is 0. The van der Waals surface area contributed by atoms with Crippen LogP contribution in [0, 0.1) is 17.2 Å². The normalized spacial score (nSPS) is 23.9. The Balaban J connectivity index is 2.15. The van der Waals surface area contributed by atoms with E-state index in [9.17, 15) is 106 Å². The van der Waals surface area contributed by atoms with Crippen LogP contribution in [-0.2, 0) is 124 Å². The first-order valence-electron chi connectivity index (χ1n) is 45.2. The number of carboxylic acids is 1.